The molecule has 0 aliphatic carbocycles. The summed E-state index contributed by atoms with van der Waals surface area (Å²) in [5.41, 5.74) is 8.23. The number of benzene rings is 7. The van der Waals surface area contributed by atoms with Gasteiger partial charge in [0.25, 0.3) is 0 Å². The molecule has 0 N–H and O–H groups in total. The van der Waals surface area contributed by atoms with Crippen LogP contribution in [0.25, 0.3) is 21.5 Å². The first kappa shape index (κ1) is 34.1. The molecule has 0 spiro atoms. The lowest BCUT2D eigenvalue weighted by atomic mass is 9.95. The van der Waals surface area contributed by atoms with Crippen LogP contribution in [0.2, 0.25) is 0 Å². The molecule has 0 saturated carbocycles. The Balaban J connectivity index is 1.44. The van der Waals surface area contributed by atoms with Gasteiger partial charge in [-0.25, -0.2) is 0 Å². The lowest BCUT2D eigenvalue weighted by Crippen LogP contribution is -2.14. The number of nitrogens with zero attached hydrogens (tertiary/aromatic N) is 2. The predicted octanol–water partition coefficient (Wildman–Crippen LogP) is 10.9. The van der Waals surface area contributed by atoms with Crippen LogP contribution in [0.5, 0.6) is 0 Å². The smallest absolute Gasteiger partial charge is 0.305 e. The van der Waals surface area contributed by atoms with E-state index in [1.807, 2.05) is 24.3 Å². The minimum Gasteiger partial charge on any atom is -0.469 e. The molecule has 52 heavy (non-hydrogen) atoms. The van der Waals surface area contributed by atoms with E-state index < -0.39 is 0 Å². The van der Waals surface area contributed by atoms with Crippen LogP contribution in [-0.2, 0) is 31.9 Å². The van der Waals surface area contributed by atoms with E-state index in [9.17, 15) is 9.59 Å². The van der Waals surface area contributed by atoms with Gasteiger partial charge in [0.2, 0.25) is 0 Å². The van der Waals surface area contributed by atoms with Crippen LogP contribution < -0.4 is 9.80 Å². The Morgan fingerprint density at radius 3 is 1.37 bits per heavy atom. The number of hydrogen-bond acceptors (Lipinski definition) is 6. The summed E-state index contributed by atoms with van der Waals surface area (Å²) < 4.78 is 9.74. The van der Waals surface area contributed by atoms with Gasteiger partial charge in [-0.3, -0.25) is 9.59 Å². The second-order valence-corrected chi connectivity index (χ2v) is 12.5. The summed E-state index contributed by atoms with van der Waals surface area (Å²) in [6, 6.07) is 56.1. The lowest BCUT2D eigenvalue weighted by molar-refractivity contribution is -0.141. The summed E-state index contributed by atoms with van der Waals surface area (Å²) >= 11 is 0. The van der Waals surface area contributed by atoms with E-state index in [0.717, 1.165) is 66.8 Å². The zero-order valence-corrected chi connectivity index (χ0v) is 29.3. The first-order valence-electron chi connectivity index (χ1n) is 17.4. The molecule has 0 saturated heterocycles. The number of carbonyl (C=O) groups is 2. The largest absolute Gasteiger partial charge is 0.469 e. The zero-order valence-electron chi connectivity index (χ0n) is 29.3. The van der Waals surface area contributed by atoms with Crippen LogP contribution in [0.4, 0.5) is 34.1 Å². The molecule has 0 atom stereocenters. The van der Waals surface area contributed by atoms with Crippen LogP contribution in [0.3, 0.4) is 0 Å². The third kappa shape index (κ3) is 7.10. The Morgan fingerprint density at radius 2 is 0.885 bits per heavy atom. The van der Waals surface area contributed by atoms with Crippen LogP contribution in [0.1, 0.15) is 24.0 Å². The number of ether oxygens (including phenoxy) is 2. The Bertz CT molecular complexity index is 2080. The highest BCUT2D eigenvalue weighted by molar-refractivity contribution is 6.23. The number of carbonyl (C=O) groups excluding carboxylic acids is 2. The monoisotopic (exact) mass is 683 g/mol. The number of aryl methyl sites for hydroxylation is 2. The molecule has 0 amide bonds. The van der Waals surface area contributed by atoms with E-state index in [1.54, 1.807) is 0 Å². The molecule has 257 valence electrons. The van der Waals surface area contributed by atoms with Gasteiger partial charge < -0.3 is 19.3 Å². The normalized spacial score (nSPS) is 11.0. The van der Waals surface area contributed by atoms with E-state index in [1.165, 1.54) is 14.2 Å². The van der Waals surface area contributed by atoms with Gasteiger partial charge >= 0.3 is 11.9 Å². The van der Waals surface area contributed by atoms with Gasteiger partial charge in [0, 0.05) is 57.1 Å². The second kappa shape index (κ2) is 15.7. The summed E-state index contributed by atoms with van der Waals surface area (Å²) in [6.45, 7) is 0. The molecule has 0 aromatic heterocycles. The quantitative estimate of drug-likeness (QED) is 0.0726. The third-order valence-corrected chi connectivity index (χ3v) is 9.34. The molecule has 7 aromatic carbocycles. The summed E-state index contributed by atoms with van der Waals surface area (Å²) in [4.78, 5) is 28.3. The number of rotatable bonds is 12. The van der Waals surface area contributed by atoms with Gasteiger partial charge in [-0.05, 0) is 78.6 Å². The minimum atomic E-state index is -0.220. The van der Waals surface area contributed by atoms with Gasteiger partial charge in [-0.2, -0.15) is 0 Å². The number of fused-ring (bicyclic) bond motifs is 2. The number of para-hydroxylation sites is 2. The molecule has 0 heterocycles. The van der Waals surface area contributed by atoms with E-state index in [0.29, 0.717) is 25.7 Å². The number of anilines is 6. The number of hydrogen-bond donors (Lipinski definition) is 0. The highest BCUT2D eigenvalue weighted by atomic mass is 16.5. The van der Waals surface area contributed by atoms with Crippen molar-refractivity contribution in [2.75, 3.05) is 24.0 Å². The van der Waals surface area contributed by atoms with E-state index in [2.05, 4.69) is 143 Å². The summed E-state index contributed by atoms with van der Waals surface area (Å²) in [7, 11) is 2.84. The van der Waals surface area contributed by atoms with Crippen LogP contribution in [0, 0.1) is 6.07 Å². The Labute approximate surface area is 304 Å². The Hall–Kier alpha value is -6.40. The van der Waals surface area contributed by atoms with Crippen molar-refractivity contribution in [2.24, 2.45) is 0 Å². The zero-order chi connectivity index (χ0) is 35.9. The Kier molecular flexibility index (Phi) is 10.3. The van der Waals surface area contributed by atoms with E-state index in [-0.39, 0.29) is 11.9 Å². The van der Waals surface area contributed by atoms with E-state index >= 15 is 0 Å². The Morgan fingerprint density at radius 1 is 0.481 bits per heavy atom. The number of methoxy groups -OCH3 is 2. The van der Waals surface area contributed by atoms with Crippen molar-refractivity contribution in [1.82, 2.24) is 0 Å². The fraction of sp³-hybridized carbons (Fsp3) is 0.130. The van der Waals surface area contributed by atoms with E-state index in [4.69, 9.17) is 9.47 Å². The maximum Gasteiger partial charge on any atom is 0.305 e. The summed E-state index contributed by atoms with van der Waals surface area (Å²) in [5.74, 6) is -0.439. The SMILES string of the molecule is COC(=O)CCc1ccc(N(c2ccccc2)c2c3[c]cccc3c(N(c3ccccc3)c3ccc(CCC(=O)OC)cc3)c3ccccc23)cc1. The van der Waals surface area contributed by atoms with Crippen molar-refractivity contribution in [3.63, 3.8) is 0 Å². The molecule has 7 rings (SSSR count). The van der Waals surface area contributed by atoms with Gasteiger partial charge in [0.05, 0.1) is 25.6 Å². The van der Waals surface area contributed by atoms with Crippen LogP contribution >= 0.6 is 0 Å². The highest BCUT2D eigenvalue weighted by Gasteiger charge is 2.25. The highest BCUT2D eigenvalue weighted by Crippen LogP contribution is 2.50. The molecule has 7 aromatic rings. The van der Waals surface area contributed by atoms with Crippen LogP contribution in [0.15, 0.2) is 152 Å². The maximum absolute atomic E-state index is 11.9. The molecule has 0 unspecified atom stereocenters. The molecule has 0 aliphatic heterocycles. The summed E-state index contributed by atoms with van der Waals surface area (Å²) in [6.07, 6.45) is 1.88. The van der Waals surface area contributed by atoms with Gasteiger partial charge in [-0.15, -0.1) is 0 Å². The average molecular weight is 684 g/mol. The molecule has 0 fully saturated rings. The topological polar surface area (TPSA) is 59.1 Å². The van der Waals surface area contributed by atoms with Gasteiger partial charge in [0.15, 0.2) is 0 Å². The minimum absolute atomic E-state index is 0.219. The molecule has 0 aliphatic rings. The van der Waals surface area contributed by atoms with Crippen molar-refractivity contribution in [3.8, 4) is 0 Å². The van der Waals surface area contributed by atoms with Gasteiger partial charge in [-0.1, -0.05) is 103 Å². The van der Waals surface area contributed by atoms with Gasteiger partial charge in [0.1, 0.15) is 0 Å². The fourth-order valence-electron chi connectivity index (χ4n) is 6.77. The summed E-state index contributed by atoms with van der Waals surface area (Å²) in [5, 5.41) is 4.18. The van der Waals surface area contributed by atoms with Crippen molar-refractivity contribution in [3.05, 3.63) is 169 Å². The van der Waals surface area contributed by atoms with Crippen molar-refractivity contribution >= 4 is 67.6 Å². The predicted molar refractivity (Wildman–Crippen MR) is 210 cm³/mol. The fourth-order valence-corrected chi connectivity index (χ4v) is 6.77. The second-order valence-electron chi connectivity index (χ2n) is 12.5. The molecular weight excluding hydrogens is 645 g/mol. The molecular formula is C46H39N2O4. The molecule has 6 heteroatoms. The average Bonchev–Trinajstić information content (AvgIpc) is 3.21. The molecule has 6 nitrogen and oxygen atoms in total. The van der Waals surface area contributed by atoms with Crippen LogP contribution in [-0.4, -0.2) is 26.2 Å². The third-order valence-electron chi connectivity index (χ3n) is 9.34. The van der Waals surface area contributed by atoms with Crippen molar-refractivity contribution in [2.45, 2.75) is 25.7 Å². The van der Waals surface area contributed by atoms with Crippen molar-refractivity contribution in [1.29, 1.82) is 0 Å². The lowest BCUT2D eigenvalue weighted by Gasteiger charge is -2.32. The standard InChI is InChI=1S/C46H39N2O4/c1-51-43(49)31-25-33-21-27-37(28-22-33)47(35-13-5-3-6-14-35)45-39-17-9-11-19-41(39)46(42-20-12-10-18-40(42)45)48(36-15-7-4-8-16-36)38-29-23-34(24-30-38)26-32-44(50)52-2/h3-19,21-24,27-30H,25-26,31-32H2,1-2H3. The number of esters is 2. The van der Waals surface area contributed by atoms with Crippen molar-refractivity contribution < 1.29 is 19.1 Å². The first-order valence-corrected chi connectivity index (χ1v) is 17.4. The molecule has 1 radical (unpaired) electrons. The molecule has 0 bridgehead atoms. The maximum atomic E-state index is 11.9. The first-order chi connectivity index (χ1) is 25.6.